The van der Waals surface area contributed by atoms with Gasteiger partial charge in [-0.3, -0.25) is 0 Å². The second-order valence-corrected chi connectivity index (χ2v) is 32.8. The topological polar surface area (TPSA) is 94.5 Å². The van der Waals surface area contributed by atoms with E-state index >= 15 is 0 Å². The molecule has 7 nitrogen and oxygen atoms in total. The van der Waals surface area contributed by atoms with Crippen LogP contribution in [0.1, 0.15) is 87.0 Å². The minimum Gasteiger partial charge on any atom is -0.424 e. The number of carbonyl (C=O) groups excluding carboxylic acids is 1. The molecule has 0 spiro atoms. The van der Waals surface area contributed by atoms with E-state index in [0.717, 1.165) is 58.0 Å². The third kappa shape index (κ3) is 9.33. The first-order chi connectivity index (χ1) is 30.7. The summed E-state index contributed by atoms with van der Waals surface area (Å²) in [6.45, 7) is 20.1. The summed E-state index contributed by atoms with van der Waals surface area (Å²) >= 11 is 0. The number of benzene rings is 4. The van der Waals surface area contributed by atoms with Crippen molar-refractivity contribution in [2.45, 2.75) is 158 Å². The van der Waals surface area contributed by atoms with E-state index in [-0.39, 0.29) is 54.6 Å². The number of fused-ring (bicyclic) bond motifs is 2. The molecule has 0 radical (unpaired) electrons. The highest BCUT2D eigenvalue weighted by Gasteiger charge is 2.62. The number of rotatable bonds is 20. The van der Waals surface area contributed by atoms with E-state index in [1.165, 1.54) is 0 Å². The van der Waals surface area contributed by atoms with Crippen LogP contribution in [0.4, 0.5) is 0 Å². The maximum atomic E-state index is 13.5. The molecule has 7 unspecified atom stereocenters. The lowest BCUT2D eigenvalue weighted by molar-refractivity contribution is -0.242. The summed E-state index contributed by atoms with van der Waals surface area (Å²) in [5.41, 5.74) is 0. The molecule has 3 aliphatic rings. The molecule has 0 amide bonds. The zero-order valence-corrected chi connectivity index (χ0v) is 42.4. The summed E-state index contributed by atoms with van der Waals surface area (Å²) in [5.74, 6) is -0.259. The fraction of sp³-hybridized carbons (Fsp3) is 0.500. The first-order valence-corrected chi connectivity index (χ1v) is 30.5. The Morgan fingerprint density at radius 2 is 1.06 bits per heavy atom. The van der Waals surface area contributed by atoms with Crippen LogP contribution in [0.25, 0.3) is 0 Å². The molecular weight excluding hydrogens is 845 g/mol. The van der Waals surface area contributed by atoms with Crippen LogP contribution in [0.2, 0.25) is 28.2 Å². The fourth-order valence-electron chi connectivity index (χ4n) is 12.0. The van der Waals surface area contributed by atoms with Crippen LogP contribution in [0.3, 0.4) is 0 Å². The van der Waals surface area contributed by atoms with Gasteiger partial charge in [0.05, 0.1) is 42.7 Å². The predicted octanol–water partition coefficient (Wildman–Crippen LogP) is 8.70. The van der Waals surface area contributed by atoms with Gasteiger partial charge in [0.1, 0.15) is 6.29 Å². The average Bonchev–Trinajstić information content (AvgIpc) is 3.65. The first kappa shape index (κ1) is 48.6. The van der Waals surface area contributed by atoms with Gasteiger partial charge in [-0.1, -0.05) is 176 Å². The molecule has 10 heteroatoms. The van der Waals surface area contributed by atoms with Gasteiger partial charge in [0.2, 0.25) is 0 Å². The smallest absolute Gasteiger partial charge is 0.258 e. The van der Waals surface area contributed by atoms with E-state index in [1.54, 1.807) is 0 Å². The van der Waals surface area contributed by atoms with Crippen LogP contribution in [-0.2, 0) is 23.4 Å². The van der Waals surface area contributed by atoms with Crippen LogP contribution in [0.15, 0.2) is 134 Å². The summed E-state index contributed by atoms with van der Waals surface area (Å²) in [5, 5.41) is 2.72. The van der Waals surface area contributed by atoms with Crippen molar-refractivity contribution in [1.29, 1.82) is 0 Å². The van der Waals surface area contributed by atoms with E-state index in [1.807, 2.05) is 78.9 Å². The number of carbonyl (C=O) groups is 1. The number of ether oxygens (including phenoxy) is 3. The fourth-order valence-corrected chi connectivity index (χ4v) is 22.4. The summed E-state index contributed by atoms with van der Waals surface area (Å²) in [7, 11) is -8.92. The molecule has 4 aromatic carbocycles. The zero-order chi connectivity index (χ0) is 45.8. The summed E-state index contributed by atoms with van der Waals surface area (Å²) < 4.78 is 29.2. The van der Waals surface area contributed by atoms with E-state index in [9.17, 15) is 14.4 Å². The second-order valence-electron chi connectivity index (χ2n) is 20.2. The SMILES string of the molecule is C=CC(CC1OC2C(CC(C)(C)[Si](O)(c3ccccc3)c3ccccc3)[C@H]3OC(CC=O)CCC3O[C@H]2C1CC(C)(C)[Si](O)(c1ccccc1)c1ccccc1)O[Si](CC)(CC)CC. The van der Waals surface area contributed by atoms with Gasteiger partial charge in [0.15, 0.2) is 8.32 Å². The minimum atomic E-state index is -3.45. The normalized spacial score (nSPS) is 25.8. The van der Waals surface area contributed by atoms with Gasteiger partial charge in [0.25, 0.3) is 16.6 Å². The lowest BCUT2D eigenvalue weighted by atomic mass is 9.74. The van der Waals surface area contributed by atoms with Gasteiger partial charge in [-0.2, -0.15) is 0 Å². The monoisotopic (exact) mass is 918 g/mol. The molecular formula is C54H74O7Si3. The van der Waals surface area contributed by atoms with Gasteiger partial charge in [-0.25, -0.2) is 0 Å². The predicted molar refractivity (Wildman–Crippen MR) is 267 cm³/mol. The Bertz CT molecular complexity index is 2010. The molecule has 3 fully saturated rings. The number of aldehydes is 1. The van der Waals surface area contributed by atoms with Gasteiger partial charge < -0.3 is 33.0 Å². The summed E-state index contributed by atoms with van der Waals surface area (Å²) in [6.07, 6.45) is 4.79. The Morgan fingerprint density at radius 1 is 0.641 bits per heavy atom. The standard InChI is InChI=1S/C54H74O7Si3/c1-9-40(61-62(10-2,11-3)12-4)37-49-46(38-53(5,6)63(56,42-25-17-13-18-26-42)43-27-19-14-20-28-43)51-52(60-49)47(50-48(59-51)34-33-41(58-50)35-36-55)39-54(7,8)64(57,44-29-21-15-22-30-44)45-31-23-16-24-32-45/h9,13-32,36,40-41,46-52,56-57H,1,10-12,33-35,37-39H2,2-8H3/t40?,41?,46?,47?,48?,49?,50-,51+,52?/m1/s1. The summed E-state index contributed by atoms with van der Waals surface area (Å²) in [6, 6.07) is 44.1. The maximum absolute atomic E-state index is 13.5. The Hall–Kier alpha value is -3.30. The van der Waals surface area contributed by atoms with E-state index in [2.05, 4.69) is 104 Å². The van der Waals surface area contributed by atoms with Crippen molar-refractivity contribution in [3.05, 3.63) is 134 Å². The molecule has 2 N–H and O–H groups in total. The van der Waals surface area contributed by atoms with Crippen LogP contribution < -0.4 is 20.7 Å². The Balaban J connectivity index is 1.34. The molecule has 9 atom stereocenters. The van der Waals surface area contributed by atoms with Gasteiger partial charge >= 0.3 is 0 Å². The van der Waals surface area contributed by atoms with Crippen molar-refractivity contribution in [2.24, 2.45) is 11.8 Å². The average molecular weight is 919 g/mol. The molecule has 64 heavy (non-hydrogen) atoms. The third-order valence-electron chi connectivity index (χ3n) is 15.9. The Kier molecular flexibility index (Phi) is 15.4. The molecule has 0 bridgehead atoms. The highest BCUT2D eigenvalue weighted by Crippen LogP contribution is 2.55. The van der Waals surface area contributed by atoms with Crippen molar-refractivity contribution in [2.75, 3.05) is 0 Å². The first-order valence-electron chi connectivity index (χ1n) is 24.1. The van der Waals surface area contributed by atoms with E-state index < -0.39 is 35.0 Å². The second kappa shape index (κ2) is 20.3. The van der Waals surface area contributed by atoms with E-state index in [4.69, 9.17) is 18.6 Å². The minimum absolute atomic E-state index is 0.0999. The van der Waals surface area contributed by atoms with Crippen molar-refractivity contribution in [1.82, 2.24) is 0 Å². The third-order valence-corrected chi connectivity index (χ3v) is 29.5. The van der Waals surface area contributed by atoms with Crippen LogP contribution in [0, 0.1) is 11.8 Å². The van der Waals surface area contributed by atoms with Crippen molar-refractivity contribution in [3.8, 4) is 0 Å². The quantitative estimate of drug-likeness (QED) is 0.0521. The number of hydrogen-bond acceptors (Lipinski definition) is 7. The lowest BCUT2D eigenvalue weighted by Crippen LogP contribution is -2.67. The Labute approximate surface area is 387 Å². The van der Waals surface area contributed by atoms with Crippen molar-refractivity contribution in [3.63, 3.8) is 0 Å². The number of hydrogen-bond donors (Lipinski definition) is 2. The van der Waals surface area contributed by atoms with Gasteiger partial charge in [-0.05, 0) is 74.6 Å². The van der Waals surface area contributed by atoms with Crippen molar-refractivity contribution >= 4 is 52.0 Å². The van der Waals surface area contributed by atoms with E-state index in [0.29, 0.717) is 25.7 Å². The molecule has 0 saturated carbocycles. The molecule has 7 rings (SSSR count). The van der Waals surface area contributed by atoms with Gasteiger partial charge in [0, 0.05) is 24.7 Å². The lowest BCUT2D eigenvalue weighted by Gasteiger charge is -2.52. The maximum Gasteiger partial charge on any atom is 0.258 e. The largest absolute Gasteiger partial charge is 0.424 e. The zero-order valence-electron chi connectivity index (χ0n) is 39.4. The molecule has 4 aromatic rings. The highest BCUT2D eigenvalue weighted by molar-refractivity contribution is 6.99. The highest BCUT2D eigenvalue weighted by atomic mass is 28.4. The van der Waals surface area contributed by atoms with Crippen LogP contribution in [-0.4, -0.2) is 83.6 Å². The van der Waals surface area contributed by atoms with Crippen LogP contribution >= 0.6 is 0 Å². The Morgan fingerprint density at radius 3 is 1.47 bits per heavy atom. The van der Waals surface area contributed by atoms with Crippen LogP contribution in [0.5, 0.6) is 0 Å². The summed E-state index contributed by atoms with van der Waals surface area (Å²) in [4.78, 5) is 39.0. The molecule has 3 aliphatic heterocycles. The van der Waals surface area contributed by atoms with Gasteiger partial charge in [-0.15, -0.1) is 6.58 Å². The molecule has 344 valence electrons. The van der Waals surface area contributed by atoms with Crippen molar-refractivity contribution < 1.29 is 33.0 Å². The molecule has 3 heterocycles. The molecule has 0 aliphatic carbocycles. The molecule has 0 aromatic heterocycles. The molecule has 3 saturated heterocycles.